The Morgan fingerprint density at radius 3 is 2.64 bits per heavy atom. The van der Waals surface area contributed by atoms with E-state index in [-0.39, 0.29) is 5.91 Å². The van der Waals surface area contributed by atoms with E-state index in [1.165, 1.54) is 18.0 Å². The fourth-order valence-corrected chi connectivity index (χ4v) is 2.78. The van der Waals surface area contributed by atoms with Crippen LogP contribution in [0.5, 0.6) is 5.75 Å². The van der Waals surface area contributed by atoms with E-state index in [1.54, 1.807) is 48.5 Å². The summed E-state index contributed by atoms with van der Waals surface area (Å²) in [6, 6.07) is 13.5. The van der Waals surface area contributed by atoms with Crippen molar-refractivity contribution in [2.75, 3.05) is 5.75 Å². The third-order valence-electron chi connectivity index (χ3n) is 3.13. The van der Waals surface area contributed by atoms with Gasteiger partial charge in [0, 0.05) is 0 Å². The van der Waals surface area contributed by atoms with Gasteiger partial charge in [-0.25, -0.2) is 4.79 Å². The standard InChI is InChI=1S/C17H12ClN3O3S/c18-14-4-2-1-3-13(14)16(23)24-12-7-5-11(6-8-12)9-19-21-17-20-15(22)10-25-17/h1-9H,10H2,(H,20,21,22)/b19-9-. The maximum atomic E-state index is 12.1. The summed E-state index contributed by atoms with van der Waals surface area (Å²) in [6.45, 7) is 0. The summed E-state index contributed by atoms with van der Waals surface area (Å²) in [6.07, 6.45) is 1.54. The summed E-state index contributed by atoms with van der Waals surface area (Å²) in [5, 5.41) is 11.2. The highest BCUT2D eigenvalue weighted by Gasteiger charge is 2.16. The average molecular weight is 374 g/mol. The molecule has 126 valence electrons. The number of ether oxygens (including phenoxy) is 1. The molecule has 1 heterocycles. The van der Waals surface area contributed by atoms with Gasteiger partial charge in [0.25, 0.3) is 0 Å². The van der Waals surface area contributed by atoms with Crippen molar-refractivity contribution >= 4 is 46.6 Å². The van der Waals surface area contributed by atoms with Gasteiger partial charge >= 0.3 is 5.97 Å². The van der Waals surface area contributed by atoms with Crippen LogP contribution in [0.2, 0.25) is 5.02 Å². The molecule has 2 aromatic rings. The molecule has 3 rings (SSSR count). The molecule has 2 aromatic carbocycles. The molecule has 1 fully saturated rings. The van der Waals surface area contributed by atoms with Gasteiger partial charge in [0.2, 0.25) is 5.91 Å². The molecule has 25 heavy (non-hydrogen) atoms. The molecule has 0 saturated carbocycles. The van der Waals surface area contributed by atoms with Crippen LogP contribution in [-0.4, -0.2) is 29.0 Å². The van der Waals surface area contributed by atoms with E-state index in [4.69, 9.17) is 16.3 Å². The van der Waals surface area contributed by atoms with Crippen LogP contribution in [0.4, 0.5) is 0 Å². The zero-order valence-corrected chi connectivity index (χ0v) is 14.4. The molecular weight excluding hydrogens is 362 g/mol. The van der Waals surface area contributed by atoms with Crippen molar-refractivity contribution in [3.8, 4) is 5.75 Å². The number of halogens is 1. The van der Waals surface area contributed by atoms with Crippen LogP contribution >= 0.6 is 23.4 Å². The maximum Gasteiger partial charge on any atom is 0.345 e. The molecule has 0 radical (unpaired) electrons. The van der Waals surface area contributed by atoms with Crippen molar-refractivity contribution < 1.29 is 14.3 Å². The van der Waals surface area contributed by atoms with E-state index >= 15 is 0 Å². The molecule has 0 atom stereocenters. The lowest BCUT2D eigenvalue weighted by Crippen LogP contribution is -2.19. The first-order valence-corrected chi connectivity index (χ1v) is 8.58. The van der Waals surface area contributed by atoms with Crippen molar-refractivity contribution in [1.29, 1.82) is 0 Å². The van der Waals surface area contributed by atoms with E-state index in [1.807, 2.05) is 0 Å². The number of amidine groups is 1. The Hall–Kier alpha value is -2.64. The quantitative estimate of drug-likeness (QED) is 0.386. The third kappa shape index (κ3) is 4.68. The van der Waals surface area contributed by atoms with E-state index in [0.29, 0.717) is 27.3 Å². The Labute approximate surface area is 152 Å². The molecule has 0 unspecified atom stereocenters. The normalized spacial score (nSPS) is 15.6. The molecule has 6 nitrogen and oxygen atoms in total. The molecule has 1 amide bonds. The van der Waals surface area contributed by atoms with Gasteiger partial charge in [-0.1, -0.05) is 35.5 Å². The number of esters is 1. The van der Waals surface area contributed by atoms with Gasteiger partial charge < -0.3 is 10.1 Å². The zero-order chi connectivity index (χ0) is 17.6. The average Bonchev–Trinajstić information content (AvgIpc) is 3.02. The SMILES string of the molecule is O=C1CSC(=N/N=C\c2ccc(OC(=O)c3ccccc3Cl)cc2)N1. The molecule has 0 spiro atoms. The van der Waals surface area contributed by atoms with Gasteiger partial charge in [-0.2, -0.15) is 5.10 Å². The lowest BCUT2D eigenvalue weighted by Gasteiger charge is -2.05. The number of nitrogens with zero attached hydrogens (tertiary/aromatic N) is 2. The number of carbonyl (C=O) groups is 2. The first kappa shape index (κ1) is 17.2. The molecule has 1 N–H and O–H groups in total. The minimum Gasteiger partial charge on any atom is -0.423 e. The van der Waals surface area contributed by atoms with Crippen LogP contribution in [0.3, 0.4) is 0 Å². The summed E-state index contributed by atoms with van der Waals surface area (Å²) in [5.41, 5.74) is 1.08. The van der Waals surface area contributed by atoms with Gasteiger partial charge in [0.1, 0.15) is 5.75 Å². The van der Waals surface area contributed by atoms with E-state index in [2.05, 4.69) is 15.5 Å². The van der Waals surface area contributed by atoms with Gasteiger partial charge in [-0.3, -0.25) is 4.79 Å². The number of amides is 1. The lowest BCUT2D eigenvalue weighted by molar-refractivity contribution is -0.116. The van der Waals surface area contributed by atoms with Crippen LogP contribution in [0.25, 0.3) is 0 Å². The number of hydrogen-bond donors (Lipinski definition) is 1. The van der Waals surface area contributed by atoms with Gasteiger partial charge in [-0.05, 0) is 42.0 Å². The van der Waals surface area contributed by atoms with Crippen LogP contribution in [0.1, 0.15) is 15.9 Å². The van der Waals surface area contributed by atoms with Gasteiger partial charge in [-0.15, -0.1) is 5.10 Å². The number of nitrogens with one attached hydrogen (secondary N) is 1. The summed E-state index contributed by atoms with van der Waals surface area (Å²) in [7, 11) is 0. The summed E-state index contributed by atoms with van der Waals surface area (Å²) in [4.78, 5) is 23.1. The van der Waals surface area contributed by atoms with Crippen molar-refractivity contribution in [3.63, 3.8) is 0 Å². The summed E-state index contributed by atoms with van der Waals surface area (Å²) in [5.74, 6) is 0.155. The highest BCUT2D eigenvalue weighted by atomic mass is 35.5. The Bertz CT molecular complexity index is 866. The van der Waals surface area contributed by atoms with Crippen molar-refractivity contribution in [1.82, 2.24) is 5.32 Å². The van der Waals surface area contributed by atoms with Crippen LogP contribution in [0, 0.1) is 0 Å². The first-order valence-electron chi connectivity index (χ1n) is 7.22. The van der Waals surface area contributed by atoms with Crippen molar-refractivity contribution in [3.05, 3.63) is 64.7 Å². The lowest BCUT2D eigenvalue weighted by atomic mass is 10.2. The second-order valence-electron chi connectivity index (χ2n) is 4.92. The van der Waals surface area contributed by atoms with Crippen LogP contribution in [-0.2, 0) is 4.79 Å². The fourth-order valence-electron chi connectivity index (χ4n) is 1.94. The molecular formula is C17H12ClN3O3S. The predicted octanol–water partition coefficient (Wildman–Crippen LogP) is 3.11. The predicted molar refractivity (Wildman–Crippen MR) is 98.5 cm³/mol. The van der Waals surface area contributed by atoms with E-state index in [0.717, 1.165) is 5.56 Å². The van der Waals surface area contributed by atoms with Crippen molar-refractivity contribution in [2.45, 2.75) is 0 Å². The minimum absolute atomic E-state index is 0.0800. The molecule has 8 heteroatoms. The summed E-state index contributed by atoms with van der Waals surface area (Å²) >= 11 is 7.27. The number of benzene rings is 2. The zero-order valence-electron chi connectivity index (χ0n) is 12.8. The van der Waals surface area contributed by atoms with E-state index in [9.17, 15) is 9.59 Å². The first-order chi connectivity index (χ1) is 12.1. The second kappa shape index (κ2) is 7.96. The van der Waals surface area contributed by atoms with Crippen LogP contribution in [0.15, 0.2) is 58.7 Å². The Kier molecular flexibility index (Phi) is 5.47. The molecule has 1 saturated heterocycles. The van der Waals surface area contributed by atoms with Crippen LogP contribution < -0.4 is 10.1 Å². The molecule has 0 aliphatic carbocycles. The maximum absolute atomic E-state index is 12.1. The Morgan fingerprint density at radius 1 is 1.20 bits per heavy atom. The van der Waals surface area contributed by atoms with Crippen molar-refractivity contribution in [2.24, 2.45) is 10.2 Å². The second-order valence-corrected chi connectivity index (χ2v) is 6.30. The molecule has 0 bridgehead atoms. The molecule has 1 aliphatic rings. The fraction of sp³-hybridized carbons (Fsp3) is 0.0588. The highest BCUT2D eigenvalue weighted by molar-refractivity contribution is 8.15. The summed E-state index contributed by atoms with van der Waals surface area (Å²) < 4.78 is 5.29. The molecule has 0 aromatic heterocycles. The van der Waals surface area contributed by atoms with E-state index < -0.39 is 5.97 Å². The van der Waals surface area contributed by atoms with Gasteiger partial charge in [0.15, 0.2) is 5.17 Å². The Morgan fingerprint density at radius 2 is 1.96 bits per heavy atom. The van der Waals surface area contributed by atoms with Gasteiger partial charge in [0.05, 0.1) is 22.6 Å². The minimum atomic E-state index is -0.521. The molecule has 1 aliphatic heterocycles. The number of hydrogen-bond acceptors (Lipinski definition) is 6. The third-order valence-corrected chi connectivity index (χ3v) is 4.32. The topological polar surface area (TPSA) is 80.1 Å². The largest absolute Gasteiger partial charge is 0.423 e. The number of thioether (sulfide) groups is 1. The highest BCUT2D eigenvalue weighted by Crippen LogP contribution is 2.19. The Balaban J connectivity index is 1.61. The smallest absolute Gasteiger partial charge is 0.345 e. The number of carbonyl (C=O) groups excluding carboxylic acids is 2. The monoisotopic (exact) mass is 373 g/mol. The number of rotatable bonds is 4.